The van der Waals surface area contributed by atoms with Crippen molar-refractivity contribution >= 4 is 0 Å². The molecule has 2 unspecified atom stereocenters. The van der Waals surface area contributed by atoms with Crippen LogP contribution in [-0.2, 0) is 4.74 Å². The summed E-state index contributed by atoms with van der Waals surface area (Å²) in [7, 11) is 0. The molecule has 2 nitrogen and oxygen atoms in total. The standard InChI is InChI=1S/C12H22NO/c1-10-8-13(9-11(2)14-10)12-6-4-3-5-7-12/h10-11H,3-9H2,1-2H3. The smallest absolute Gasteiger partial charge is 0.0678 e. The number of morpholine rings is 1. The Labute approximate surface area is 87.6 Å². The van der Waals surface area contributed by atoms with Crippen LogP contribution < -0.4 is 0 Å². The predicted molar refractivity (Wildman–Crippen MR) is 57.9 cm³/mol. The van der Waals surface area contributed by atoms with Gasteiger partial charge in [0.1, 0.15) is 0 Å². The van der Waals surface area contributed by atoms with Crippen LogP contribution in [0.25, 0.3) is 0 Å². The van der Waals surface area contributed by atoms with Gasteiger partial charge >= 0.3 is 0 Å². The van der Waals surface area contributed by atoms with E-state index in [0.29, 0.717) is 12.2 Å². The summed E-state index contributed by atoms with van der Waals surface area (Å²) in [4.78, 5) is 2.58. The molecule has 0 aromatic rings. The zero-order chi connectivity index (χ0) is 9.97. The summed E-state index contributed by atoms with van der Waals surface area (Å²) in [5.74, 6) is 0. The van der Waals surface area contributed by atoms with Gasteiger partial charge in [0.2, 0.25) is 0 Å². The minimum Gasteiger partial charge on any atom is -0.373 e. The maximum Gasteiger partial charge on any atom is 0.0678 e. The van der Waals surface area contributed by atoms with Crippen LogP contribution in [0.3, 0.4) is 0 Å². The van der Waals surface area contributed by atoms with Crippen molar-refractivity contribution in [3.8, 4) is 0 Å². The van der Waals surface area contributed by atoms with E-state index in [4.69, 9.17) is 4.74 Å². The van der Waals surface area contributed by atoms with Gasteiger partial charge in [-0.3, -0.25) is 4.90 Å². The second-order valence-corrected chi connectivity index (χ2v) is 4.79. The summed E-state index contributed by atoms with van der Waals surface area (Å²) >= 11 is 0. The van der Waals surface area contributed by atoms with E-state index >= 15 is 0 Å². The van der Waals surface area contributed by atoms with Gasteiger partial charge in [-0.25, -0.2) is 0 Å². The summed E-state index contributed by atoms with van der Waals surface area (Å²) < 4.78 is 5.75. The number of nitrogens with zero attached hydrogens (tertiary/aromatic N) is 1. The van der Waals surface area contributed by atoms with E-state index in [9.17, 15) is 0 Å². The Morgan fingerprint density at radius 1 is 1.00 bits per heavy atom. The molecule has 2 aliphatic rings. The van der Waals surface area contributed by atoms with Crippen molar-refractivity contribution in [1.82, 2.24) is 4.90 Å². The molecule has 0 N–H and O–H groups in total. The molecular weight excluding hydrogens is 174 g/mol. The molecule has 2 fully saturated rings. The lowest BCUT2D eigenvalue weighted by Gasteiger charge is -2.41. The molecule has 0 amide bonds. The van der Waals surface area contributed by atoms with Crippen LogP contribution in [0, 0.1) is 6.04 Å². The lowest BCUT2D eigenvalue weighted by atomic mass is 9.93. The first-order chi connectivity index (χ1) is 6.75. The zero-order valence-corrected chi connectivity index (χ0v) is 9.46. The third-order valence-electron chi connectivity index (χ3n) is 3.30. The summed E-state index contributed by atoms with van der Waals surface area (Å²) in [5.41, 5.74) is 0. The van der Waals surface area contributed by atoms with Crippen molar-refractivity contribution in [1.29, 1.82) is 0 Å². The third kappa shape index (κ3) is 2.48. The highest BCUT2D eigenvalue weighted by molar-refractivity contribution is 4.95. The van der Waals surface area contributed by atoms with Crippen LogP contribution in [0.2, 0.25) is 0 Å². The molecule has 1 heterocycles. The fourth-order valence-corrected chi connectivity index (χ4v) is 2.71. The van der Waals surface area contributed by atoms with Gasteiger partial charge in [-0.1, -0.05) is 19.3 Å². The Morgan fingerprint density at radius 3 is 2.14 bits per heavy atom. The molecule has 81 valence electrons. The first-order valence-corrected chi connectivity index (χ1v) is 6.01. The quantitative estimate of drug-likeness (QED) is 0.639. The molecule has 2 heteroatoms. The Balaban J connectivity index is 1.88. The van der Waals surface area contributed by atoms with E-state index in [1.807, 2.05) is 0 Å². The van der Waals surface area contributed by atoms with Crippen molar-refractivity contribution in [2.75, 3.05) is 13.1 Å². The minimum absolute atomic E-state index is 0.410. The fraction of sp³-hybridized carbons (Fsp3) is 0.917. The SMILES string of the molecule is CC1CN([C]2CCCCC2)CC(C)O1. The van der Waals surface area contributed by atoms with Gasteiger partial charge in [-0.05, 0) is 26.7 Å². The lowest BCUT2D eigenvalue weighted by Crippen LogP contribution is -2.47. The van der Waals surface area contributed by atoms with Crippen LogP contribution in [0.5, 0.6) is 0 Å². The molecule has 1 radical (unpaired) electrons. The molecule has 0 bridgehead atoms. The predicted octanol–water partition coefficient (Wildman–Crippen LogP) is 2.59. The Hall–Kier alpha value is -0.0800. The van der Waals surface area contributed by atoms with Crippen molar-refractivity contribution in [2.24, 2.45) is 0 Å². The molecule has 0 aromatic heterocycles. The maximum absolute atomic E-state index is 5.75. The highest BCUT2D eigenvalue weighted by atomic mass is 16.5. The average molecular weight is 196 g/mol. The molecule has 0 spiro atoms. The van der Waals surface area contributed by atoms with Gasteiger partial charge in [0.15, 0.2) is 0 Å². The zero-order valence-electron chi connectivity index (χ0n) is 9.46. The summed E-state index contributed by atoms with van der Waals surface area (Å²) in [6.07, 6.45) is 7.71. The number of hydrogen-bond acceptors (Lipinski definition) is 2. The van der Waals surface area contributed by atoms with Crippen LogP contribution in [0.1, 0.15) is 46.0 Å². The summed E-state index contributed by atoms with van der Waals surface area (Å²) in [6.45, 7) is 6.59. The first-order valence-electron chi connectivity index (χ1n) is 6.01. The highest BCUT2D eigenvalue weighted by Gasteiger charge is 2.28. The van der Waals surface area contributed by atoms with Gasteiger partial charge in [0, 0.05) is 19.1 Å². The monoisotopic (exact) mass is 196 g/mol. The van der Waals surface area contributed by atoms with Gasteiger partial charge in [0.25, 0.3) is 0 Å². The number of hydrogen-bond donors (Lipinski definition) is 0. The fourth-order valence-electron chi connectivity index (χ4n) is 2.71. The Kier molecular flexibility index (Phi) is 3.45. The van der Waals surface area contributed by atoms with Gasteiger partial charge in [-0.15, -0.1) is 0 Å². The average Bonchev–Trinajstić information content (AvgIpc) is 2.18. The summed E-state index contributed by atoms with van der Waals surface area (Å²) in [5, 5.41) is 0. The van der Waals surface area contributed by atoms with Gasteiger partial charge < -0.3 is 4.74 Å². The third-order valence-corrected chi connectivity index (χ3v) is 3.30. The van der Waals surface area contributed by atoms with Crippen molar-refractivity contribution in [3.05, 3.63) is 6.04 Å². The van der Waals surface area contributed by atoms with Crippen molar-refractivity contribution in [3.63, 3.8) is 0 Å². The second-order valence-electron chi connectivity index (χ2n) is 4.79. The normalized spacial score (nSPS) is 37.3. The van der Waals surface area contributed by atoms with Gasteiger partial charge in [-0.2, -0.15) is 0 Å². The van der Waals surface area contributed by atoms with Gasteiger partial charge in [0.05, 0.1) is 12.2 Å². The molecule has 14 heavy (non-hydrogen) atoms. The number of rotatable bonds is 1. The Morgan fingerprint density at radius 2 is 1.57 bits per heavy atom. The van der Waals surface area contributed by atoms with Crippen molar-refractivity contribution < 1.29 is 4.74 Å². The Bertz CT molecular complexity index is 167. The molecule has 1 saturated carbocycles. The second kappa shape index (κ2) is 4.63. The first kappa shape index (κ1) is 10.4. The molecule has 0 aromatic carbocycles. The van der Waals surface area contributed by atoms with E-state index in [0.717, 1.165) is 13.1 Å². The minimum atomic E-state index is 0.410. The van der Waals surface area contributed by atoms with Crippen molar-refractivity contribution in [2.45, 2.75) is 58.2 Å². The van der Waals surface area contributed by atoms with Crippen LogP contribution in [0.15, 0.2) is 0 Å². The molecular formula is C12H22NO. The highest BCUT2D eigenvalue weighted by Crippen LogP contribution is 2.30. The van der Waals surface area contributed by atoms with Crippen LogP contribution >= 0.6 is 0 Å². The molecule has 1 saturated heterocycles. The van der Waals surface area contributed by atoms with E-state index < -0.39 is 0 Å². The summed E-state index contributed by atoms with van der Waals surface area (Å²) in [6, 6.07) is 1.69. The van der Waals surface area contributed by atoms with Crippen LogP contribution in [0.4, 0.5) is 0 Å². The van der Waals surface area contributed by atoms with Crippen LogP contribution in [-0.4, -0.2) is 30.2 Å². The molecule has 2 rings (SSSR count). The topological polar surface area (TPSA) is 12.5 Å². The van der Waals surface area contributed by atoms with E-state index in [-0.39, 0.29) is 0 Å². The molecule has 2 atom stereocenters. The molecule has 1 aliphatic heterocycles. The lowest BCUT2D eigenvalue weighted by molar-refractivity contribution is -0.0687. The van der Waals surface area contributed by atoms with E-state index in [1.165, 1.54) is 32.1 Å². The maximum atomic E-state index is 5.75. The number of ether oxygens (including phenoxy) is 1. The van der Waals surface area contributed by atoms with E-state index in [1.54, 1.807) is 6.04 Å². The molecule has 1 aliphatic carbocycles. The van der Waals surface area contributed by atoms with E-state index in [2.05, 4.69) is 18.7 Å². The largest absolute Gasteiger partial charge is 0.373 e.